The third kappa shape index (κ3) is 13.1. The molecule has 2 aromatic heterocycles. The Morgan fingerprint density at radius 1 is 0.662 bits per heavy atom. The standard InChI is InChI=1S/C50H51Cl2N5O8/c1-31-37(29-64-48-16-46(62-27-35-11-33(18-53-3)20-55-22-35)39(13-44(48)51)24-57-41(26-59)15-50(60)61)7-5-9-42(31)43-10-6-8-38(32(43)2)30-65-49-17-47(40(25-58)14-45(49)52)63-28-36-12-34(19-54-4)21-56-23-36/h5-14,16-23,41,57-59H,15,24-30H2,1-4H3,(H,60,61)/t41-/m0/s1. The Balaban J connectivity index is 1.18. The molecule has 1 atom stereocenters. The van der Waals surface area contributed by atoms with Crippen molar-refractivity contribution >= 4 is 41.6 Å². The summed E-state index contributed by atoms with van der Waals surface area (Å²) in [6.07, 6.45) is 10.0. The average Bonchev–Trinajstić information content (AvgIpc) is 3.30. The number of carboxylic acids is 1. The van der Waals surface area contributed by atoms with Gasteiger partial charge in [0.25, 0.3) is 0 Å². The van der Waals surface area contributed by atoms with Gasteiger partial charge in [-0.2, -0.15) is 0 Å². The first kappa shape index (κ1) is 48.1. The van der Waals surface area contributed by atoms with Gasteiger partial charge in [-0.05, 0) is 71.5 Å². The third-order valence-corrected chi connectivity index (χ3v) is 11.1. The van der Waals surface area contributed by atoms with Crippen LogP contribution in [0.2, 0.25) is 10.0 Å². The Morgan fingerprint density at radius 3 is 1.60 bits per heavy atom. The number of aliphatic hydroxyl groups is 2. The molecule has 338 valence electrons. The van der Waals surface area contributed by atoms with Gasteiger partial charge in [0.2, 0.25) is 0 Å². The molecule has 13 nitrogen and oxygen atoms in total. The molecule has 0 bridgehead atoms. The predicted octanol–water partition coefficient (Wildman–Crippen LogP) is 8.90. The first-order chi connectivity index (χ1) is 31.5. The van der Waals surface area contributed by atoms with Crippen LogP contribution < -0.4 is 24.3 Å². The molecule has 15 heteroatoms. The van der Waals surface area contributed by atoms with Crippen molar-refractivity contribution in [3.63, 3.8) is 0 Å². The van der Waals surface area contributed by atoms with Crippen molar-refractivity contribution in [1.29, 1.82) is 0 Å². The molecule has 0 aliphatic carbocycles. The number of benzene rings is 4. The van der Waals surface area contributed by atoms with Gasteiger partial charge in [-0.15, -0.1) is 0 Å². The summed E-state index contributed by atoms with van der Waals surface area (Å²) in [6, 6.07) is 22.1. The lowest BCUT2D eigenvalue weighted by molar-refractivity contribution is -0.137. The van der Waals surface area contributed by atoms with Crippen LogP contribution in [0.5, 0.6) is 23.0 Å². The topological polar surface area (TPSA) is 177 Å². The van der Waals surface area contributed by atoms with Gasteiger partial charge in [-0.25, -0.2) is 0 Å². The monoisotopic (exact) mass is 919 g/mol. The van der Waals surface area contributed by atoms with Gasteiger partial charge in [-0.3, -0.25) is 24.7 Å². The number of hydrogen-bond donors (Lipinski definition) is 4. The highest BCUT2D eigenvalue weighted by atomic mass is 35.5. The van der Waals surface area contributed by atoms with Gasteiger partial charge in [0, 0.05) is 109 Å². The number of carboxylic acid groups (broad SMARTS) is 1. The van der Waals surface area contributed by atoms with E-state index in [0.717, 1.165) is 55.6 Å². The highest BCUT2D eigenvalue weighted by Gasteiger charge is 2.18. The van der Waals surface area contributed by atoms with Gasteiger partial charge < -0.3 is 39.6 Å². The number of rotatable bonds is 22. The maximum Gasteiger partial charge on any atom is 0.305 e. The second-order valence-electron chi connectivity index (χ2n) is 15.2. The van der Waals surface area contributed by atoms with E-state index in [1.165, 1.54) is 0 Å². The fraction of sp³-hybridized carbons (Fsp3) is 0.260. The number of pyridine rings is 2. The van der Waals surface area contributed by atoms with E-state index < -0.39 is 12.0 Å². The van der Waals surface area contributed by atoms with Crippen molar-refractivity contribution in [3.8, 4) is 34.1 Å². The van der Waals surface area contributed by atoms with Gasteiger partial charge in [-0.1, -0.05) is 59.6 Å². The molecule has 0 saturated heterocycles. The van der Waals surface area contributed by atoms with E-state index in [4.69, 9.17) is 42.1 Å². The number of nitrogens with one attached hydrogen (secondary N) is 1. The van der Waals surface area contributed by atoms with Crippen LogP contribution in [0.3, 0.4) is 0 Å². The van der Waals surface area contributed by atoms with Gasteiger partial charge >= 0.3 is 5.97 Å². The van der Waals surface area contributed by atoms with E-state index in [9.17, 15) is 20.1 Å². The minimum absolute atomic E-state index is 0.178. The van der Waals surface area contributed by atoms with Crippen LogP contribution in [0.25, 0.3) is 11.1 Å². The molecule has 0 fully saturated rings. The molecule has 6 rings (SSSR count). The summed E-state index contributed by atoms with van der Waals surface area (Å²) in [5.41, 5.74) is 10.5. The summed E-state index contributed by atoms with van der Waals surface area (Å²) in [5.74, 6) is 0.699. The molecule has 0 aliphatic heterocycles. The minimum Gasteiger partial charge on any atom is -0.488 e. The van der Waals surface area contributed by atoms with Crippen molar-refractivity contribution in [3.05, 3.63) is 163 Å². The maximum atomic E-state index is 11.4. The lowest BCUT2D eigenvalue weighted by Gasteiger charge is -2.19. The molecule has 2 heterocycles. The molecular weight excluding hydrogens is 869 g/mol. The van der Waals surface area contributed by atoms with Crippen LogP contribution in [-0.2, 0) is 44.4 Å². The number of hydrogen-bond acceptors (Lipinski definition) is 12. The first-order valence-corrected chi connectivity index (χ1v) is 21.5. The molecule has 65 heavy (non-hydrogen) atoms. The molecular formula is C50H51Cl2N5O8. The van der Waals surface area contributed by atoms with Crippen LogP contribution in [0.1, 0.15) is 62.1 Å². The second kappa shape index (κ2) is 23.5. The van der Waals surface area contributed by atoms with E-state index in [-0.39, 0.29) is 52.6 Å². The molecule has 0 amide bonds. The van der Waals surface area contributed by atoms with E-state index in [1.807, 2.05) is 36.4 Å². The molecule has 0 saturated carbocycles. The molecule has 0 radical (unpaired) electrons. The molecule has 0 unspecified atom stereocenters. The summed E-state index contributed by atoms with van der Waals surface area (Å²) in [6.45, 7) is 4.49. The van der Waals surface area contributed by atoms with Crippen LogP contribution in [0, 0.1) is 13.8 Å². The fourth-order valence-corrected chi connectivity index (χ4v) is 7.56. The SMILES string of the molecule is CN=Cc1cncc(COc2cc(OCc3cccc(-c4cccc(COc5cc(OCc6cncc(C=NC)c6)c(CN[C@H](CO)CC(=O)O)cc5Cl)c4C)c3C)c(Cl)cc2CO)c1. The lowest BCUT2D eigenvalue weighted by Crippen LogP contribution is -2.34. The number of halogens is 2. The van der Waals surface area contributed by atoms with Crippen LogP contribution in [0.4, 0.5) is 0 Å². The zero-order valence-electron chi connectivity index (χ0n) is 36.6. The Kier molecular flexibility index (Phi) is 17.4. The zero-order valence-corrected chi connectivity index (χ0v) is 38.1. The number of ether oxygens (including phenoxy) is 4. The Hall–Kier alpha value is -6.35. The number of carbonyl (C=O) groups is 1. The van der Waals surface area contributed by atoms with Crippen LogP contribution in [0.15, 0.2) is 108 Å². The normalized spacial score (nSPS) is 11.9. The number of nitrogens with zero attached hydrogens (tertiary/aromatic N) is 4. The summed E-state index contributed by atoms with van der Waals surface area (Å²) in [7, 11) is 3.38. The fourth-order valence-electron chi connectivity index (χ4n) is 7.08. The zero-order chi connectivity index (χ0) is 46.3. The summed E-state index contributed by atoms with van der Waals surface area (Å²) in [4.78, 5) is 28.0. The van der Waals surface area contributed by atoms with Crippen molar-refractivity contribution in [2.24, 2.45) is 9.98 Å². The molecule has 0 aliphatic rings. The van der Waals surface area contributed by atoms with Crippen LogP contribution >= 0.6 is 23.2 Å². The van der Waals surface area contributed by atoms with Crippen molar-refractivity contribution < 1.29 is 39.1 Å². The number of aromatic nitrogens is 2. The number of aliphatic hydroxyl groups excluding tert-OH is 2. The summed E-state index contributed by atoms with van der Waals surface area (Å²) < 4.78 is 25.1. The van der Waals surface area contributed by atoms with Gasteiger partial charge in [0.05, 0.1) is 29.7 Å². The smallest absolute Gasteiger partial charge is 0.305 e. The summed E-state index contributed by atoms with van der Waals surface area (Å²) >= 11 is 13.5. The van der Waals surface area contributed by atoms with Crippen molar-refractivity contribution in [1.82, 2.24) is 15.3 Å². The lowest BCUT2D eigenvalue weighted by atomic mass is 9.92. The maximum absolute atomic E-state index is 11.4. The van der Waals surface area contributed by atoms with Gasteiger partial charge in [0.1, 0.15) is 49.4 Å². The quantitative estimate of drug-likeness (QED) is 0.0479. The van der Waals surface area contributed by atoms with Gasteiger partial charge in [0.15, 0.2) is 0 Å². The van der Waals surface area contributed by atoms with Crippen molar-refractivity contribution in [2.45, 2.75) is 65.9 Å². The Morgan fingerprint density at radius 2 is 1.14 bits per heavy atom. The number of aliphatic carboxylic acids is 1. The molecule has 0 spiro atoms. The van der Waals surface area contributed by atoms with Crippen LogP contribution in [-0.4, -0.2) is 70.4 Å². The highest BCUT2D eigenvalue weighted by molar-refractivity contribution is 6.32. The van der Waals surface area contributed by atoms with E-state index in [0.29, 0.717) is 44.2 Å². The molecule has 4 aromatic carbocycles. The molecule has 4 N–H and O–H groups in total. The second-order valence-corrected chi connectivity index (χ2v) is 16.0. The van der Waals surface area contributed by atoms with Crippen molar-refractivity contribution in [2.75, 3.05) is 20.7 Å². The highest BCUT2D eigenvalue weighted by Crippen LogP contribution is 2.37. The minimum atomic E-state index is -1.03. The van der Waals surface area contributed by atoms with E-state index >= 15 is 0 Å². The number of aliphatic imine (C=N–C) groups is 2. The summed E-state index contributed by atoms with van der Waals surface area (Å²) in [5, 5.41) is 32.9. The average molecular weight is 921 g/mol. The largest absolute Gasteiger partial charge is 0.488 e. The van der Waals surface area contributed by atoms with E-state index in [2.05, 4.69) is 51.2 Å². The predicted molar refractivity (Wildman–Crippen MR) is 253 cm³/mol. The van der Waals surface area contributed by atoms with E-state index in [1.54, 1.807) is 75.6 Å². The molecule has 6 aromatic rings. The third-order valence-electron chi connectivity index (χ3n) is 10.5. The Bertz CT molecular complexity index is 2660. The Labute approximate surface area is 388 Å². The first-order valence-electron chi connectivity index (χ1n) is 20.7.